The maximum absolute atomic E-state index is 13.6. The first-order valence-corrected chi connectivity index (χ1v) is 45.4. The molecule has 0 aliphatic heterocycles. The highest BCUT2D eigenvalue weighted by molar-refractivity contribution is 6.35. The molecule has 18 rings (SSSR count). The highest BCUT2D eigenvalue weighted by Gasteiger charge is 2.22. The number of para-hydroxylation sites is 1. The number of nitrogens with zero attached hydrogens (tertiary/aromatic N) is 18. The van der Waals surface area contributed by atoms with E-state index in [4.69, 9.17) is 139 Å². The topological polar surface area (TPSA) is 506 Å². The van der Waals surface area contributed by atoms with E-state index in [0.717, 1.165) is 50.8 Å². The van der Waals surface area contributed by atoms with Crippen molar-refractivity contribution in [2.24, 2.45) is 0 Å². The van der Waals surface area contributed by atoms with E-state index in [9.17, 15) is 4.39 Å². The van der Waals surface area contributed by atoms with Gasteiger partial charge in [0, 0.05) is 69.8 Å². The van der Waals surface area contributed by atoms with Gasteiger partial charge >= 0.3 is 0 Å². The first-order chi connectivity index (χ1) is 68.8. The molecule has 0 atom stereocenters. The number of aromatic nitrogens is 18. The molecule has 43 heteroatoms. The first-order valence-electron chi connectivity index (χ1n) is 42.7. The van der Waals surface area contributed by atoms with E-state index in [1.165, 1.54) is 36.4 Å². The lowest BCUT2D eigenvalue weighted by Crippen LogP contribution is -2.05. The molecule has 12 aromatic carbocycles. The monoisotopic (exact) mass is 2070 g/mol. The van der Waals surface area contributed by atoms with Gasteiger partial charge in [-0.25, -0.2) is 4.39 Å². The summed E-state index contributed by atoms with van der Waals surface area (Å²) in [5.74, 6) is 7.00. The number of hydrogen-bond acceptors (Lipinski definition) is 35. The van der Waals surface area contributed by atoms with Crippen LogP contribution in [0.4, 0.5) is 110 Å². The number of methoxy groups -OCH3 is 5. The Kier molecular flexibility index (Phi) is 37.1. The van der Waals surface area contributed by atoms with Crippen molar-refractivity contribution < 1.29 is 28.1 Å². The third kappa shape index (κ3) is 30.4. The molecule has 0 fully saturated rings. The maximum atomic E-state index is 13.6. The molecule has 0 aliphatic rings. The number of anilines is 18. The quantitative estimate of drug-likeness (QED) is 0.0283. The van der Waals surface area contributed by atoms with Crippen LogP contribution in [0.5, 0.6) is 28.7 Å². The molecular formula is C101H94Cl7FN30O5. The normalized spacial score (nSPS) is 10.4. The van der Waals surface area contributed by atoms with E-state index < -0.39 is 5.82 Å². The summed E-state index contributed by atoms with van der Waals surface area (Å²) in [4.78, 5) is 75.9. The Morgan fingerprint density at radius 2 is 0.444 bits per heavy atom. The number of halogens is 8. The summed E-state index contributed by atoms with van der Waals surface area (Å²) in [7, 11) is 7.77. The fourth-order valence-electron chi connectivity index (χ4n) is 12.9. The number of benzene rings is 12. The summed E-state index contributed by atoms with van der Waals surface area (Å²) in [5, 5.41) is 22.4. The SMILES string of the molecule is C.COc1ccc(Cl)cc1-c1nc(N)nc(Nc2ccc(C)c(Cl)c2)n1.COc1ccc(Cl)cc1-c1nc(N)nc(Nc2ccc(C)cc2)n1.COc1ccc(Cl)cc1-c1nc(N)nc(Nc2ccc(C)cc2)n1.COc1ccc(Cl)cc1-c1nc(N)nc(Nc2ccccc2)n1.COc1ccc(F)cc1-c1nc(N)nc(Nc2ccc(C)cc2)n1.Cc1ccc(Nc2nc(N)nc(-c3cc(Cl)ccc3Cl)n2)cc1. The molecule has 0 saturated carbocycles. The van der Waals surface area contributed by atoms with Gasteiger partial charge in [0.25, 0.3) is 0 Å². The minimum Gasteiger partial charge on any atom is -0.496 e. The van der Waals surface area contributed by atoms with Crippen LogP contribution in [0, 0.1) is 40.4 Å². The number of nitrogens with one attached hydrogen (secondary N) is 6. The average Bonchev–Trinajstić information content (AvgIpc) is 0.823. The molecule has 18 N–H and O–H groups in total. The van der Waals surface area contributed by atoms with Crippen LogP contribution in [0.1, 0.15) is 35.2 Å². The zero-order valence-corrected chi connectivity index (χ0v) is 83.1. The molecule has 0 bridgehead atoms. The Morgan fingerprint density at radius 1 is 0.222 bits per heavy atom. The third-order valence-corrected chi connectivity index (χ3v) is 21.7. The van der Waals surface area contributed by atoms with Gasteiger partial charge in [-0.3, -0.25) is 0 Å². The van der Waals surface area contributed by atoms with E-state index in [1.807, 2.05) is 174 Å². The fraction of sp³-hybridized carbons (Fsp3) is 0.109. The molecule has 144 heavy (non-hydrogen) atoms. The molecule has 0 saturated heterocycles. The predicted octanol–water partition coefficient (Wildman–Crippen LogP) is 24.1. The number of rotatable bonds is 23. The van der Waals surface area contributed by atoms with E-state index in [-0.39, 0.29) is 54.9 Å². The second-order valence-corrected chi connectivity index (χ2v) is 33.4. The molecule has 6 heterocycles. The minimum atomic E-state index is -0.419. The molecule has 0 radical (unpaired) electrons. The van der Waals surface area contributed by atoms with E-state index in [1.54, 1.807) is 126 Å². The van der Waals surface area contributed by atoms with Gasteiger partial charge in [0.05, 0.1) is 68.4 Å². The summed E-state index contributed by atoms with van der Waals surface area (Å²) in [5.41, 5.74) is 49.0. The summed E-state index contributed by atoms with van der Waals surface area (Å²) in [6, 6.07) is 76.4. The maximum Gasteiger partial charge on any atom is 0.232 e. The van der Waals surface area contributed by atoms with Gasteiger partial charge in [-0.2, -0.15) is 89.7 Å². The highest BCUT2D eigenvalue weighted by Crippen LogP contribution is 2.39. The van der Waals surface area contributed by atoms with Crippen molar-refractivity contribution >= 4 is 187 Å². The summed E-state index contributed by atoms with van der Waals surface area (Å²) < 4.78 is 40.2. The van der Waals surface area contributed by atoms with Crippen LogP contribution >= 0.6 is 81.2 Å². The molecule has 0 spiro atoms. The van der Waals surface area contributed by atoms with Gasteiger partial charge in [-0.15, -0.1) is 0 Å². The third-order valence-electron chi connectivity index (χ3n) is 19.8. The smallest absolute Gasteiger partial charge is 0.232 e. The van der Waals surface area contributed by atoms with Gasteiger partial charge in [0.15, 0.2) is 34.9 Å². The standard InChI is InChI=1S/C17H15Cl2N5O.2C17H16ClN5O.C17H16FN5O.C16H13Cl2N5.C16H14ClN5O.CH4/c1-9-3-5-11(8-13(9)19)21-17-23-15(22-16(20)24-17)12-7-10(18)4-6-14(12)25-2;3*1-10-3-6-12(7-4-10)20-17-22-15(21-16(19)23-17)13-9-11(18)5-8-14(13)24-2;1-9-2-5-11(6-3-9)20-16-22-14(21-15(19)23-16)12-8-10(17)4-7-13(12)18;1-23-13-8-7-10(17)9-12(13)14-20-15(18)22-16(21-14)19-11-5-3-2-4-6-11;/h3-8H,1-2H3,(H3,20,21,22,23,24);3*3-9H,1-2H3,(H3,19,20,21,22,23);2-8H,1H3,(H3,19,20,21,22,23);2-9H,1H3,(H3,18,19,20,21,22);1H4. The second-order valence-electron chi connectivity index (χ2n) is 30.4. The van der Waals surface area contributed by atoms with Gasteiger partial charge in [0.2, 0.25) is 71.4 Å². The summed E-state index contributed by atoms with van der Waals surface area (Å²) in [6.45, 7) is 9.99. The van der Waals surface area contributed by atoms with Crippen molar-refractivity contribution in [2.75, 3.05) is 102 Å². The Bertz CT molecular complexity index is 7130. The van der Waals surface area contributed by atoms with Gasteiger partial charge in [-0.05, 0) is 222 Å². The van der Waals surface area contributed by atoms with Gasteiger partial charge in [-0.1, -0.05) is 184 Å². The number of ether oxygens (including phenoxy) is 5. The lowest BCUT2D eigenvalue weighted by molar-refractivity contribution is 0.415. The van der Waals surface area contributed by atoms with Crippen LogP contribution in [0.2, 0.25) is 35.2 Å². The van der Waals surface area contributed by atoms with Crippen LogP contribution in [0.25, 0.3) is 68.3 Å². The fourth-order valence-corrected chi connectivity index (χ4v) is 14.1. The zero-order valence-electron chi connectivity index (χ0n) is 77.8. The molecule has 6 aromatic heterocycles. The lowest BCUT2D eigenvalue weighted by Gasteiger charge is -2.11. The highest BCUT2D eigenvalue weighted by atomic mass is 35.5. The second kappa shape index (κ2) is 50.4. The molecule has 0 unspecified atom stereocenters. The Hall–Kier alpha value is -16.7. The van der Waals surface area contributed by atoms with Crippen molar-refractivity contribution in [3.63, 3.8) is 0 Å². The van der Waals surface area contributed by atoms with Gasteiger partial charge < -0.3 is 90.0 Å². The van der Waals surface area contributed by atoms with Crippen molar-refractivity contribution in [1.82, 2.24) is 89.7 Å². The van der Waals surface area contributed by atoms with Crippen molar-refractivity contribution in [2.45, 2.75) is 42.0 Å². The zero-order chi connectivity index (χ0) is 102. The molecule has 734 valence electrons. The Balaban J connectivity index is 0.000000154. The van der Waals surface area contributed by atoms with Crippen LogP contribution in [-0.4, -0.2) is 125 Å². The molecule has 35 nitrogen and oxygen atoms in total. The number of hydrogen-bond donors (Lipinski definition) is 12. The van der Waals surface area contributed by atoms with E-state index in [0.29, 0.717) is 156 Å². The van der Waals surface area contributed by atoms with Crippen LogP contribution < -0.4 is 90.0 Å². The number of nitrogens with two attached hydrogens (primary N) is 6. The molecule has 0 amide bonds. The van der Waals surface area contributed by atoms with Crippen molar-refractivity contribution in [3.05, 3.63) is 324 Å². The van der Waals surface area contributed by atoms with E-state index in [2.05, 4.69) is 122 Å². The summed E-state index contributed by atoms with van der Waals surface area (Å²) in [6.07, 6.45) is 0. The Labute approximate surface area is 863 Å². The largest absolute Gasteiger partial charge is 0.496 e. The average molecular weight is 2080 g/mol. The molecule has 0 aliphatic carbocycles. The Morgan fingerprint density at radius 3 is 0.708 bits per heavy atom. The van der Waals surface area contributed by atoms with E-state index >= 15 is 0 Å². The van der Waals surface area contributed by atoms with Gasteiger partial charge in [0.1, 0.15) is 34.6 Å². The summed E-state index contributed by atoms with van der Waals surface area (Å²) >= 11 is 42.6. The van der Waals surface area contributed by atoms with Crippen LogP contribution in [0.3, 0.4) is 0 Å². The minimum absolute atomic E-state index is 0. The van der Waals surface area contributed by atoms with Crippen LogP contribution in [0.15, 0.2) is 255 Å². The number of nitrogen functional groups attached to an aromatic ring is 6. The molecular weight excluding hydrogens is 1980 g/mol. The predicted molar refractivity (Wildman–Crippen MR) is 575 cm³/mol. The molecule has 18 aromatic rings. The lowest BCUT2D eigenvalue weighted by atomic mass is 10.2. The first kappa shape index (κ1) is 106. The van der Waals surface area contributed by atoms with Crippen molar-refractivity contribution in [3.8, 4) is 97.1 Å². The number of aryl methyl sites for hydroxylation is 5. The van der Waals surface area contributed by atoms with Crippen LogP contribution in [-0.2, 0) is 0 Å². The van der Waals surface area contributed by atoms with Crippen molar-refractivity contribution in [1.29, 1.82) is 0 Å².